The Morgan fingerprint density at radius 1 is 1.00 bits per heavy atom. The zero-order chi connectivity index (χ0) is 5.41. The Hall–Kier alpha value is 0.246. The van der Waals surface area contributed by atoms with Crippen molar-refractivity contribution in [2.75, 3.05) is 0 Å². The molecule has 5 nitrogen and oxygen atoms in total. The van der Waals surface area contributed by atoms with Crippen LogP contribution in [0.3, 0.4) is 0 Å². The Balaban J connectivity index is -0.0000000400. The van der Waals surface area contributed by atoms with Crippen LogP contribution in [-0.2, 0) is 13.0 Å². The van der Waals surface area contributed by atoms with Crippen molar-refractivity contribution >= 4 is 31.4 Å². The van der Waals surface area contributed by atoms with Crippen LogP contribution in [0.5, 0.6) is 0 Å². The second kappa shape index (κ2) is 34.1. The van der Waals surface area contributed by atoms with Crippen molar-refractivity contribution in [2.45, 2.75) is 0 Å². The molecule has 0 aromatic carbocycles. The summed E-state index contributed by atoms with van der Waals surface area (Å²) in [4.78, 5) is 0. The molecular formula is H6Ge2O5. The predicted molar refractivity (Wildman–Crippen MR) is 21.9 cm³/mol. The maximum absolute atomic E-state index is 8.53. The van der Waals surface area contributed by atoms with Gasteiger partial charge < -0.3 is 5.48 Å². The van der Waals surface area contributed by atoms with E-state index in [2.05, 4.69) is 0 Å². The molecule has 0 spiro atoms. The average Bonchev–Trinajstić information content (AvgIpc) is 1.39. The van der Waals surface area contributed by atoms with Crippen molar-refractivity contribution in [1.29, 1.82) is 0 Å². The van der Waals surface area contributed by atoms with E-state index in [9.17, 15) is 0 Å². The van der Waals surface area contributed by atoms with Gasteiger partial charge in [-0.05, 0) is 0 Å². The Labute approximate surface area is 53.1 Å². The summed E-state index contributed by atoms with van der Waals surface area (Å²) in [5, 5.41) is 0. The fourth-order valence-corrected chi connectivity index (χ4v) is 0. The molecule has 0 bridgehead atoms. The Kier molecular flexibility index (Phi) is 76.3. The summed E-state index contributed by atoms with van der Waals surface area (Å²) < 4.78 is 34.1. The van der Waals surface area contributed by atoms with Crippen LogP contribution in [0.4, 0.5) is 0 Å². The molecule has 0 aromatic heterocycles. The average molecular weight is 231 g/mol. The van der Waals surface area contributed by atoms with Gasteiger partial charge in [0.25, 0.3) is 0 Å². The molecule has 0 radical (unpaired) electrons. The second-order valence-electron chi connectivity index (χ2n) is 0.192. The quantitative estimate of drug-likeness (QED) is 0.388. The summed E-state index contributed by atoms with van der Waals surface area (Å²) >= 11 is -4.38. The van der Waals surface area contributed by atoms with E-state index in [0.717, 1.165) is 0 Å². The molecule has 0 aliphatic rings. The number of hydrogen-bond donors (Lipinski definition) is 0. The van der Waals surface area contributed by atoms with E-state index >= 15 is 0 Å². The third-order valence-corrected chi connectivity index (χ3v) is 0. The second-order valence-corrected chi connectivity index (χ2v) is 1.00. The first-order valence-corrected chi connectivity index (χ1v) is 4.90. The SMILES string of the molecule is [OH4+2].[O]=[GeH][O-].[O]=[GeH][O-]. The third kappa shape index (κ3) is 1860. The standard InChI is InChI=1S/2GeHO2.H4O/c2*2-1-3;/h2*1H;1H4/q2*-1;+2. The van der Waals surface area contributed by atoms with Crippen molar-refractivity contribution in [3.63, 3.8) is 0 Å². The van der Waals surface area contributed by atoms with Gasteiger partial charge in [0, 0.05) is 0 Å². The van der Waals surface area contributed by atoms with E-state index in [4.69, 9.17) is 15.8 Å². The van der Waals surface area contributed by atoms with Crippen LogP contribution in [-0.4, -0.2) is 31.4 Å². The van der Waals surface area contributed by atoms with E-state index in [-0.39, 0.29) is 5.48 Å². The molecule has 0 saturated heterocycles. The van der Waals surface area contributed by atoms with Gasteiger partial charge in [-0.2, -0.15) is 0 Å². The van der Waals surface area contributed by atoms with E-state index in [0.29, 0.717) is 0 Å². The monoisotopic (exact) mass is 234 g/mol. The minimum atomic E-state index is -2.19. The summed E-state index contributed by atoms with van der Waals surface area (Å²) in [6.45, 7) is 0. The molecule has 0 aliphatic carbocycles. The van der Waals surface area contributed by atoms with E-state index in [1.54, 1.807) is 0 Å². The Morgan fingerprint density at radius 3 is 1.00 bits per heavy atom. The molecule has 0 fully saturated rings. The molecule has 0 saturated carbocycles. The van der Waals surface area contributed by atoms with Gasteiger partial charge in [0.15, 0.2) is 0 Å². The van der Waals surface area contributed by atoms with Crippen molar-refractivity contribution in [3.8, 4) is 0 Å². The fraction of sp³-hybridized carbons (Fsp3) is 0. The van der Waals surface area contributed by atoms with E-state index in [1.807, 2.05) is 0 Å². The van der Waals surface area contributed by atoms with Crippen molar-refractivity contribution in [1.82, 2.24) is 0 Å². The molecule has 0 amide bonds. The molecule has 0 rings (SSSR count). The van der Waals surface area contributed by atoms with Crippen molar-refractivity contribution < 1.29 is 21.3 Å². The van der Waals surface area contributed by atoms with E-state index < -0.39 is 31.4 Å². The summed E-state index contributed by atoms with van der Waals surface area (Å²) in [5.74, 6) is 0. The first-order chi connectivity index (χ1) is 2.83. The fourth-order valence-electron chi connectivity index (χ4n) is 0. The summed E-state index contributed by atoms with van der Waals surface area (Å²) in [5.41, 5.74) is 0. The topological polar surface area (TPSA) is 115 Å². The van der Waals surface area contributed by atoms with Crippen LogP contribution in [0.1, 0.15) is 0 Å². The molecule has 4 N–H and O–H groups in total. The molecule has 7 heteroatoms. The zero-order valence-corrected chi connectivity index (χ0v) is 8.34. The van der Waals surface area contributed by atoms with Gasteiger partial charge in [0.1, 0.15) is 0 Å². The van der Waals surface area contributed by atoms with Crippen LogP contribution in [0.25, 0.3) is 0 Å². The van der Waals surface area contributed by atoms with Gasteiger partial charge in [-0.1, -0.05) is 0 Å². The summed E-state index contributed by atoms with van der Waals surface area (Å²) in [6.07, 6.45) is 0. The number of rotatable bonds is 0. The zero-order valence-electron chi connectivity index (χ0n) is 3.49. The van der Waals surface area contributed by atoms with Crippen molar-refractivity contribution in [3.05, 3.63) is 0 Å². The first-order valence-electron chi connectivity index (χ1n) is 0.943. The van der Waals surface area contributed by atoms with Gasteiger partial charge in [0.2, 0.25) is 0 Å². The minimum absolute atomic E-state index is 0. The van der Waals surface area contributed by atoms with Crippen LogP contribution in [0.15, 0.2) is 0 Å². The molecule has 0 aromatic rings. The van der Waals surface area contributed by atoms with E-state index in [1.165, 1.54) is 0 Å². The Morgan fingerprint density at radius 2 is 1.00 bits per heavy atom. The first kappa shape index (κ1) is 15.7. The van der Waals surface area contributed by atoms with Crippen LogP contribution in [0, 0.1) is 0 Å². The molecule has 0 unspecified atom stereocenters. The van der Waals surface area contributed by atoms with Gasteiger partial charge in [0.05, 0.1) is 0 Å². The molecule has 0 aliphatic heterocycles. The van der Waals surface area contributed by atoms with Gasteiger partial charge in [-0.3, -0.25) is 0 Å². The molecule has 7 heavy (non-hydrogen) atoms. The molecule has 0 heterocycles. The maximum atomic E-state index is 8.53. The number of hydrogen-bond acceptors (Lipinski definition) is 4. The molecule has 0 atom stereocenters. The molecular weight excluding hydrogens is 225 g/mol. The van der Waals surface area contributed by atoms with Gasteiger partial charge >= 0.3 is 47.2 Å². The van der Waals surface area contributed by atoms with Gasteiger partial charge in [-0.25, -0.2) is 0 Å². The van der Waals surface area contributed by atoms with Crippen LogP contribution in [0.2, 0.25) is 0 Å². The summed E-state index contributed by atoms with van der Waals surface area (Å²) in [7, 11) is 0. The van der Waals surface area contributed by atoms with Crippen LogP contribution < -0.4 is 8.27 Å². The third-order valence-electron chi connectivity index (χ3n) is 0. The van der Waals surface area contributed by atoms with Crippen LogP contribution >= 0.6 is 0 Å². The van der Waals surface area contributed by atoms with Crippen molar-refractivity contribution in [2.24, 2.45) is 0 Å². The summed E-state index contributed by atoms with van der Waals surface area (Å²) in [6, 6.07) is 0. The Bertz CT molecular complexity index is 27.1. The van der Waals surface area contributed by atoms with Gasteiger partial charge in [-0.15, -0.1) is 0 Å². The predicted octanol–water partition coefficient (Wildman–Crippen LogP) is -5.10. The normalized spacial score (nSPS) is 3.43. The molecule has 44 valence electrons.